The van der Waals surface area contributed by atoms with Crippen LogP contribution in [-0.4, -0.2) is 15.7 Å². The fourth-order valence-electron chi connectivity index (χ4n) is 4.06. The summed E-state index contributed by atoms with van der Waals surface area (Å²) in [6, 6.07) is 10.6. The van der Waals surface area contributed by atoms with Gasteiger partial charge in [0.2, 0.25) is 5.91 Å². The predicted octanol–water partition coefficient (Wildman–Crippen LogP) is 4.02. The first-order chi connectivity index (χ1) is 12.1. The summed E-state index contributed by atoms with van der Waals surface area (Å²) in [6.07, 6.45) is 6.66. The fourth-order valence-corrected chi connectivity index (χ4v) is 4.06. The highest BCUT2D eigenvalue weighted by atomic mass is 16.1. The highest BCUT2D eigenvalue weighted by Crippen LogP contribution is 2.34. The maximum Gasteiger partial charge on any atom is 0.225 e. The number of rotatable bonds is 5. The van der Waals surface area contributed by atoms with E-state index >= 15 is 0 Å². The number of nitrogens with one attached hydrogen (secondary N) is 1. The molecule has 0 unspecified atom stereocenters. The third kappa shape index (κ3) is 4.12. The van der Waals surface area contributed by atoms with Gasteiger partial charge in [0.15, 0.2) is 0 Å². The Bertz CT molecular complexity index is 714. The van der Waals surface area contributed by atoms with Crippen LogP contribution in [0.2, 0.25) is 0 Å². The van der Waals surface area contributed by atoms with E-state index in [0.717, 1.165) is 17.0 Å². The summed E-state index contributed by atoms with van der Waals surface area (Å²) in [4.78, 5) is 12.8. The average molecular weight is 339 g/mol. The van der Waals surface area contributed by atoms with Gasteiger partial charge in [-0.1, -0.05) is 49.6 Å². The maximum absolute atomic E-state index is 12.8. The molecule has 0 bridgehead atoms. The molecular formula is C21H29N3O. The molecule has 134 valence electrons. The molecule has 1 heterocycles. The van der Waals surface area contributed by atoms with E-state index in [0.29, 0.717) is 12.3 Å². The SMILES string of the molecule is Cc1nn(C)c(C)c1CC(=O)N[C@H](c1ccccc1)C1CCCCC1. The van der Waals surface area contributed by atoms with Crippen LogP contribution in [0.15, 0.2) is 30.3 Å². The quantitative estimate of drug-likeness (QED) is 0.894. The lowest BCUT2D eigenvalue weighted by molar-refractivity contribution is -0.121. The summed E-state index contributed by atoms with van der Waals surface area (Å²) in [6.45, 7) is 4.00. The van der Waals surface area contributed by atoms with Crippen LogP contribution < -0.4 is 5.32 Å². The molecule has 1 aliphatic rings. The minimum atomic E-state index is 0.0960. The van der Waals surface area contributed by atoms with Gasteiger partial charge in [0.25, 0.3) is 0 Å². The van der Waals surface area contributed by atoms with Gasteiger partial charge in [0.1, 0.15) is 0 Å². The van der Waals surface area contributed by atoms with Gasteiger partial charge in [-0.25, -0.2) is 0 Å². The molecule has 2 aromatic rings. The summed E-state index contributed by atoms with van der Waals surface area (Å²) < 4.78 is 1.85. The van der Waals surface area contributed by atoms with Gasteiger partial charge in [-0.3, -0.25) is 9.48 Å². The third-order valence-corrected chi connectivity index (χ3v) is 5.59. The number of nitrogens with zero attached hydrogens (tertiary/aromatic N) is 2. The zero-order valence-corrected chi connectivity index (χ0v) is 15.6. The van der Waals surface area contributed by atoms with Crippen LogP contribution in [0.4, 0.5) is 0 Å². The molecular weight excluding hydrogens is 310 g/mol. The minimum absolute atomic E-state index is 0.0960. The predicted molar refractivity (Wildman–Crippen MR) is 100 cm³/mol. The van der Waals surface area contributed by atoms with Gasteiger partial charge in [0.05, 0.1) is 18.2 Å². The second kappa shape index (κ2) is 7.85. The van der Waals surface area contributed by atoms with E-state index in [2.05, 4.69) is 34.7 Å². The summed E-state index contributed by atoms with van der Waals surface area (Å²) in [5, 5.41) is 7.77. The zero-order valence-electron chi connectivity index (χ0n) is 15.6. The molecule has 1 aromatic heterocycles. The van der Waals surface area contributed by atoms with Crippen molar-refractivity contribution >= 4 is 5.91 Å². The molecule has 1 saturated carbocycles. The van der Waals surface area contributed by atoms with Gasteiger partial charge in [-0.05, 0) is 38.2 Å². The second-order valence-corrected chi connectivity index (χ2v) is 7.30. The number of benzene rings is 1. The molecule has 0 spiro atoms. The second-order valence-electron chi connectivity index (χ2n) is 7.30. The van der Waals surface area contributed by atoms with Crippen molar-refractivity contribution in [1.82, 2.24) is 15.1 Å². The Morgan fingerprint density at radius 1 is 1.20 bits per heavy atom. The van der Waals surface area contributed by atoms with Crippen LogP contribution in [0.5, 0.6) is 0 Å². The van der Waals surface area contributed by atoms with Crippen molar-refractivity contribution in [3.05, 3.63) is 52.8 Å². The largest absolute Gasteiger partial charge is 0.349 e. The fraction of sp³-hybridized carbons (Fsp3) is 0.524. The molecule has 3 rings (SSSR count). The number of carbonyl (C=O) groups is 1. The topological polar surface area (TPSA) is 46.9 Å². The van der Waals surface area contributed by atoms with E-state index in [-0.39, 0.29) is 11.9 Å². The van der Waals surface area contributed by atoms with Crippen molar-refractivity contribution in [3.63, 3.8) is 0 Å². The summed E-state index contributed by atoms with van der Waals surface area (Å²) in [7, 11) is 1.93. The Labute approximate surface area is 150 Å². The van der Waals surface area contributed by atoms with Crippen LogP contribution in [0.3, 0.4) is 0 Å². The highest BCUT2D eigenvalue weighted by molar-refractivity contribution is 5.79. The molecule has 0 saturated heterocycles. The van der Waals surface area contributed by atoms with Crippen LogP contribution >= 0.6 is 0 Å². The van der Waals surface area contributed by atoms with Crippen molar-refractivity contribution in [1.29, 1.82) is 0 Å². The molecule has 1 amide bonds. The Hall–Kier alpha value is -2.10. The first-order valence-corrected chi connectivity index (χ1v) is 9.39. The Balaban J connectivity index is 1.76. The molecule has 25 heavy (non-hydrogen) atoms. The van der Waals surface area contributed by atoms with Gasteiger partial charge < -0.3 is 5.32 Å². The molecule has 0 aliphatic heterocycles. The highest BCUT2D eigenvalue weighted by Gasteiger charge is 2.27. The minimum Gasteiger partial charge on any atom is -0.349 e. The van der Waals surface area contributed by atoms with Crippen LogP contribution in [0.25, 0.3) is 0 Å². The van der Waals surface area contributed by atoms with Crippen molar-refractivity contribution in [2.75, 3.05) is 0 Å². The number of hydrogen-bond acceptors (Lipinski definition) is 2. The van der Waals surface area contributed by atoms with Gasteiger partial charge in [0, 0.05) is 18.3 Å². The molecule has 1 fully saturated rings. The first kappa shape index (κ1) is 17.7. The average Bonchev–Trinajstić information content (AvgIpc) is 2.87. The number of carbonyl (C=O) groups excluding carboxylic acids is 1. The maximum atomic E-state index is 12.8. The van der Waals surface area contributed by atoms with Crippen molar-refractivity contribution in [2.24, 2.45) is 13.0 Å². The van der Waals surface area contributed by atoms with E-state index in [4.69, 9.17) is 0 Å². The van der Waals surface area contributed by atoms with E-state index in [9.17, 15) is 4.79 Å². The molecule has 1 N–H and O–H groups in total. The van der Waals surface area contributed by atoms with Crippen LogP contribution in [0.1, 0.15) is 60.7 Å². The molecule has 1 aromatic carbocycles. The summed E-state index contributed by atoms with van der Waals surface area (Å²) in [5.41, 5.74) is 4.29. The van der Waals surface area contributed by atoms with Gasteiger partial charge >= 0.3 is 0 Å². The summed E-state index contributed by atoms with van der Waals surface area (Å²) in [5.74, 6) is 0.634. The van der Waals surface area contributed by atoms with Crippen molar-refractivity contribution in [2.45, 2.75) is 58.4 Å². The normalized spacial score (nSPS) is 16.6. The van der Waals surface area contributed by atoms with Crippen LogP contribution in [0, 0.1) is 19.8 Å². The lowest BCUT2D eigenvalue weighted by Crippen LogP contribution is -2.35. The lowest BCUT2D eigenvalue weighted by atomic mass is 9.81. The lowest BCUT2D eigenvalue weighted by Gasteiger charge is -2.31. The van der Waals surface area contributed by atoms with E-state index in [1.54, 1.807) is 0 Å². The number of aryl methyl sites for hydroxylation is 2. The van der Waals surface area contributed by atoms with Gasteiger partial charge in [-0.15, -0.1) is 0 Å². The summed E-state index contributed by atoms with van der Waals surface area (Å²) >= 11 is 0. The Kier molecular flexibility index (Phi) is 5.57. The molecule has 1 aliphatic carbocycles. The molecule has 1 atom stereocenters. The van der Waals surface area contributed by atoms with E-state index < -0.39 is 0 Å². The third-order valence-electron chi connectivity index (χ3n) is 5.59. The van der Waals surface area contributed by atoms with Crippen LogP contribution in [-0.2, 0) is 18.3 Å². The Morgan fingerprint density at radius 2 is 1.88 bits per heavy atom. The smallest absolute Gasteiger partial charge is 0.225 e. The molecule has 4 heteroatoms. The van der Waals surface area contributed by atoms with E-state index in [1.165, 1.54) is 37.7 Å². The van der Waals surface area contributed by atoms with E-state index in [1.807, 2.05) is 31.6 Å². The number of hydrogen-bond donors (Lipinski definition) is 1. The standard InChI is InChI=1S/C21H29N3O/c1-15-19(16(2)24(3)23-15)14-20(25)22-21(17-10-6-4-7-11-17)18-12-8-5-9-13-18/h4,6-7,10-11,18,21H,5,8-9,12-14H2,1-3H3,(H,22,25)/t21-/m1/s1. The molecule has 4 nitrogen and oxygen atoms in total. The first-order valence-electron chi connectivity index (χ1n) is 9.39. The van der Waals surface area contributed by atoms with Crippen molar-refractivity contribution in [3.8, 4) is 0 Å². The number of aromatic nitrogens is 2. The number of amides is 1. The Morgan fingerprint density at radius 3 is 2.48 bits per heavy atom. The van der Waals surface area contributed by atoms with Gasteiger partial charge in [-0.2, -0.15) is 5.10 Å². The molecule has 0 radical (unpaired) electrons. The zero-order chi connectivity index (χ0) is 17.8. The van der Waals surface area contributed by atoms with Crippen molar-refractivity contribution < 1.29 is 4.79 Å². The monoisotopic (exact) mass is 339 g/mol.